The van der Waals surface area contributed by atoms with Crippen molar-refractivity contribution in [2.24, 2.45) is 0 Å². The first-order valence-corrected chi connectivity index (χ1v) is 5.80. The van der Waals surface area contributed by atoms with Gasteiger partial charge in [-0.25, -0.2) is 9.78 Å². The summed E-state index contributed by atoms with van der Waals surface area (Å²) in [6, 6.07) is 0. The largest absolute Gasteiger partial charge is 0.465 e. The Bertz CT molecular complexity index is 369. The van der Waals surface area contributed by atoms with Gasteiger partial charge in [0.05, 0.1) is 17.8 Å². The lowest BCUT2D eigenvalue weighted by Gasteiger charge is -2.01. The molecule has 2 rings (SSSR count). The van der Waals surface area contributed by atoms with Gasteiger partial charge in [-0.1, -0.05) is 0 Å². The molecule has 1 N–H and O–H groups in total. The van der Waals surface area contributed by atoms with Gasteiger partial charge in [-0.2, -0.15) is 0 Å². The van der Waals surface area contributed by atoms with E-state index in [0.717, 1.165) is 30.2 Å². The summed E-state index contributed by atoms with van der Waals surface area (Å²) in [6.07, 6.45) is 1.10. The maximum Gasteiger partial charge on any atom is 0.349 e. The Kier molecular flexibility index (Phi) is 3.02. The summed E-state index contributed by atoms with van der Waals surface area (Å²) >= 11 is 1.46. The number of nitrogens with one attached hydrogen (secondary N) is 1. The molecular weight excluding hydrogens is 212 g/mol. The SMILES string of the molecule is COC(=O)c1sc([C@H]2CCNC2)nc1C. The number of thiazole rings is 1. The minimum Gasteiger partial charge on any atom is -0.465 e. The molecule has 1 atom stereocenters. The highest BCUT2D eigenvalue weighted by Crippen LogP contribution is 2.29. The third-order valence-electron chi connectivity index (χ3n) is 2.59. The van der Waals surface area contributed by atoms with Crippen LogP contribution in [0.2, 0.25) is 0 Å². The van der Waals surface area contributed by atoms with Crippen LogP contribution in [0.3, 0.4) is 0 Å². The Morgan fingerprint density at radius 2 is 2.47 bits per heavy atom. The summed E-state index contributed by atoms with van der Waals surface area (Å²) in [5.41, 5.74) is 0.786. The van der Waals surface area contributed by atoms with Crippen LogP contribution in [0.1, 0.15) is 32.7 Å². The number of ether oxygens (including phenoxy) is 1. The molecule has 2 heterocycles. The Hall–Kier alpha value is -0.940. The molecule has 5 heteroatoms. The van der Waals surface area contributed by atoms with Crippen molar-refractivity contribution in [2.75, 3.05) is 20.2 Å². The number of nitrogens with zero attached hydrogens (tertiary/aromatic N) is 1. The molecule has 0 saturated carbocycles. The van der Waals surface area contributed by atoms with Crippen LogP contribution >= 0.6 is 11.3 Å². The first-order chi connectivity index (χ1) is 7.22. The van der Waals surface area contributed by atoms with Crippen LogP contribution in [-0.2, 0) is 4.74 Å². The zero-order valence-electron chi connectivity index (χ0n) is 8.87. The minimum atomic E-state index is -0.276. The third-order valence-corrected chi connectivity index (χ3v) is 3.89. The maximum absolute atomic E-state index is 11.4. The van der Waals surface area contributed by atoms with Gasteiger partial charge in [0.1, 0.15) is 4.88 Å². The van der Waals surface area contributed by atoms with Gasteiger partial charge in [0.25, 0.3) is 0 Å². The van der Waals surface area contributed by atoms with Gasteiger partial charge in [-0.15, -0.1) is 11.3 Å². The highest BCUT2D eigenvalue weighted by Gasteiger charge is 2.23. The van der Waals surface area contributed by atoms with Crippen LogP contribution in [0.4, 0.5) is 0 Å². The number of methoxy groups -OCH3 is 1. The van der Waals surface area contributed by atoms with Crippen molar-refractivity contribution in [3.63, 3.8) is 0 Å². The van der Waals surface area contributed by atoms with E-state index in [0.29, 0.717) is 10.8 Å². The number of carbonyl (C=O) groups is 1. The van der Waals surface area contributed by atoms with Gasteiger partial charge < -0.3 is 10.1 Å². The number of esters is 1. The van der Waals surface area contributed by atoms with E-state index in [1.807, 2.05) is 6.92 Å². The van der Waals surface area contributed by atoms with Crippen molar-refractivity contribution in [1.29, 1.82) is 0 Å². The molecule has 0 bridgehead atoms. The predicted molar refractivity (Wildman–Crippen MR) is 58.4 cm³/mol. The molecule has 0 aliphatic carbocycles. The molecule has 1 aliphatic rings. The van der Waals surface area contributed by atoms with E-state index in [4.69, 9.17) is 4.74 Å². The van der Waals surface area contributed by atoms with Crippen molar-refractivity contribution >= 4 is 17.3 Å². The second-order valence-corrected chi connectivity index (χ2v) is 4.68. The topological polar surface area (TPSA) is 51.2 Å². The molecule has 0 unspecified atom stereocenters. The summed E-state index contributed by atoms with van der Waals surface area (Å²) < 4.78 is 4.71. The summed E-state index contributed by atoms with van der Waals surface area (Å²) in [5, 5.41) is 4.35. The first-order valence-electron chi connectivity index (χ1n) is 4.98. The number of rotatable bonds is 2. The van der Waals surface area contributed by atoms with E-state index < -0.39 is 0 Å². The molecule has 82 valence electrons. The van der Waals surface area contributed by atoms with Crippen molar-refractivity contribution in [3.8, 4) is 0 Å². The zero-order valence-corrected chi connectivity index (χ0v) is 9.69. The molecule has 1 aromatic heterocycles. The van der Waals surface area contributed by atoms with Crippen molar-refractivity contribution in [3.05, 3.63) is 15.6 Å². The smallest absolute Gasteiger partial charge is 0.349 e. The maximum atomic E-state index is 11.4. The first kappa shape index (κ1) is 10.6. The zero-order chi connectivity index (χ0) is 10.8. The number of hydrogen-bond acceptors (Lipinski definition) is 5. The monoisotopic (exact) mass is 226 g/mol. The molecule has 1 aromatic rings. The summed E-state index contributed by atoms with van der Waals surface area (Å²) in [5.74, 6) is 0.189. The fourth-order valence-corrected chi connectivity index (χ4v) is 2.86. The summed E-state index contributed by atoms with van der Waals surface area (Å²) in [7, 11) is 1.40. The Morgan fingerprint density at radius 3 is 3.07 bits per heavy atom. The second-order valence-electron chi connectivity index (χ2n) is 3.65. The highest BCUT2D eigenvalue weighted by atomic mass is 32.1. The van der Waals surface area contributed by atoms with E-state index in [-0.39, 0.29) is 5.97 Å². The number of aryl methyl sites for hydroxylation is 1. The molecule has 4 nitrogen and oxygen atoms in total. The van der Waals surface area contributed by atoms with Crippen molar-refractivity contribution < 1.29 is 9.53 Å². The van der Waals surface area contributed by atoms with Gasteiger partial charge in [0.2, 0.25) is 0 Å². The van der Waals surface area contributed by atoms with E-state index in [1.165, 1.54) is 18.4 Å². The van der Waals surface area contributed by atoms with E-state index in [9.17, 15) is 4.79 Å². The van der Waals surface area contributed by atoms with Crippen molar-refractivity contribution in [1.82, 2.24) is 10.3 Å². The Balaban J connectivity index is 2.23. The molecule has 0 amide bonds. The van der Waals surface area contributed by atoms with E-state index >= 15 is 0 Å². The molecule has 0 aromatic carbocycles. The standard InChI is InChI=1S/C10H14N2O2S/c1-6-8(10(13)14-2)15-9(12-6)7-3-4-11-5-7/h7,11H,3-5H2,1-2H3/t7-/m0/s1. The van der Waals surface area contributed by atoms with Crippen LogP contribution in [0.25, 0.3) is 0 Å². The number of carbonyl (C=O) groups excluding carboxylic acids is 1. The fourth-order valence-electron chi connectivity index (χ4n) is 1.74. The molecule has 0 spiro atoms. The van der Waals surface area contributed by atoms with Crippen LogP contribution in [-0.4, -0.2) is 31.2 Å². The van der Waals surface area contributed by atoms with Gasteiger partial charge in [0.15, 0.2) is 0 Å². The van der Waals surface area contributed by atoms with Crippen molar-refractivity contribution in [2.45, 2.75) is 19.3 Å². The van der Waals surface area contributed by atoms with Crippen LogP contribution in [0.15, 0.2) is 0 Å². The molecule has 1 saturated heterocycles. The average molecular weight is 226 g/mol. The quantitative estimate of drug-likeness (QED) is 0.773. The van der Waals surface area contributed by atoms with Gasteiger partial charge in [-0.3, -0.25) is 0 Å². The van der Waals surface area contributed by atoms with Crippen LogP contribution in [0.5, 0.6) is 0 Å². The minimum absolute atomic E-state index is 0.276. The van der Waals surface area contributed by atoms with Gasteiger partial charge in [-0.05, 0) is 19.9 Å². The molecular formula is C10H14N2O2S. The predicted octanol–water partition coefficient (Wildman–Crippen LogP) is 1.32. The van der Waals surface area contributed by atoms with Gasteiger partial charge in [0, 0.05) is 12.5 Å². The normalized spacial score (nSPS) is 20.5. The Labute approximate surface area is 92.7 Å². The fraction of sp³-hybridized carbons (Fsp3) is 0.600. The molecule has 15 heavy (non-hydrogen) atoms. The average Bonchev–Trinajstić information content (AvgIpc) is 2.84. The second kappa shape index (κ2) is 4.28. The molecule has 0 radical (unpaired) electrons. The highest BCUT2D eigenvalue weighted by molar-refractivity contribution is 7.13. The lowest BCUT2D eigenvalue weighted by atomic mass is 10.1. The third kappa shape index (κ3) is 2.03. The number of aromatic nitrogens is 1. The summed E-state index contributed by atoms with van der Waals surface area (Å²) in [6.45, 7) is 3.86. The lowest BCUT2D eigenvalue weighted by molar-refractivity contribution is 0.0605. The summed E-state index contributed by atoms with van der Waals surface area (Å²) in [4.78, 5) is 16.5. The number of hydrogen-bond donors (Lipinski definition) is 1. The molecule has 1 fully saturated rings. The van der Waals surface area contributed by atoms with E-state index in [2.05, 4.69) is 10.3 Å². The lowest BCUT2D eigenvalue weighted by Crippen LogP contribution is -2.07. The van der Waals surface area contributed by atoms with Gasteiger partial charge >= 0.3 is 5.97 Å². The van der Waals surface area contributed by atoms with E-state index in [1.54, 1.807) is 0 Å². The van der Waals surface area contributed by atoms with Crippen LogP contribution < -0.4 is 5.32 Å². The van der Waals surface area contributed by atoms with Crippen LogP contribution in [0, 0.1) is 6.92 Å². The molecule has 1 aliphatic heterocycles. The Morgan fingerprint density at radius 1 is 1.67 bits per heavy atom.